The van der Waals surface area contributed by atoms with Crippen LogP contribution >= 0.6 is 0 Å². The van der Waals surface area contributed by atoms with Crippen LogP contribution in [0, 0.1) is 11.3 Å². The summed E-state index contributed by atoms with van der Waals surface area (Å²) in [7, 11) is 1.54. The number of likely N-dealkylation sites (N-methyl/N-ethyl adjacent to an activating group) is 1. The van der Waals surface area contributed by atoms with Gasteiger partial charge in [-0.2, -0.15) is 5.26 Å². The largest absolute Gasteiger partial charge is 0.484 e. The van der Waals surface area contributed by atoms with Crippen molar-refractivity contribution in [3.05, 3.63) is 29.8 Å². The monoisotopic (exact) mass is 190 g/mol. The molecule has 14 heavy (non-hydrogen) atoms. The Morgan fingerprint density at radius 1 is 1.64 bits per heavy atom. The first-order valence-corrected chi connectivity index (χ1v) is 4.10. The summed E-state index contributed by atoms with van der Waals surface area (Å²) in [6.07, 6.45) is 0. The highest BCUT2D eigenvalue weighted by Crippen LogP contribution is 2.11. The highest BCUT2D eigenvalue weighted by Gasteiger charge is 1.99. The molecule has 0 saturated heterocycles. The number of nitriles is 1. The van der Waals surface area contributed by atoms with Gasteiger partial charge in [0.15, 0.2) is 6.61 Å². The minimum atomic E-state index is -0.202. The lowest BCUT2D eigenvalue weighted by Gasteiger charge is -2.04. The van der Waals surface area contributed by atoms with Gasteiger partial charge in [0.05, 0.1) is 11.6 Å². The second-order valence-electron chi connectivity index (χ2n) is 2.60. The Balaban J connectivity index is 2.60. The highest BCUT2D eigenvalue weighted by atomic mass is 16.5. The number of rotatable bonds is 3. The van der Waals surface area contributed by atoms with Crippen LogP contribution in [0.5, 0.6) is 5.75 Å². The lowest BCUT2D eigenvalue weighted by molar-refractivity contribution is -0.122. The van der Waals surface area contributed by atoms with E-state index in [1.807, 2.05) is 6.07 Å². The summed E-state index contributed by atoms with van der Waals surface area (Å²) in [5.74, 6) is 0.319. The maximum Gasteiger partial charge on any atom is 0.257 e. The van der Waals surface area contributed by atoms with Crippen molar-refractivity contribution in [1.29, 1.82) is 5.26 Å². The van der Waals surface area contributed by atoms with Crippen LogP contribution < -0.4 is 10.1 Å². The first-order valence-electron chi connectivity index (χ1n) is 4.10. The molecule has 0 saturated carbocycles. The summed E-state index contributed by atoms with van der Waals surface area (Å²) in [5, 5.41) is 11.0. The number of benzene rings is 1. The molecule has 0 aromatic heterocycles. The summed E-state index contributed by atoms with van der Waals surface area (Å²) in [6.45, 7) is -0.0363. The Morgan fingerprint density at radius 2 is 2.43 bits per heavy atom. The quantitative estimate of drug-likeness (QED) is 0.762. The summed E-state index contributed by atoms with van der Waals surface area (Å²) < 4.78 is 5.14. The van der Waals surface area contributed by atoms with E-state index in [2.05, 4.69) is 5.32 Å². The molecule has 0 aliphatic heterocycles. The Labute approximate surface area is 82.1 Å². The molecule has 1 rings (SSSR count). The van der Waals surface area contributed by atoms with Crippen LogP contribution in [0.4, 0.5) is 0 Å². The number of hydrogen-bond acceptors (Lipinski definition) is 3. The first kappa shape index (κ1) is 10.1. The summed E-state index contributed by atoms with van der Waals surface area (Å²) in [6, 6.07) is 8.65. The average molecular weight is 190 g/mol. The van der Waals surface area contributed by atoms with Gasteiger partial charge in [-0.3, -0.25) is 4.79 Å². The first-order chi connectivity index (χ1) is 6.76. The van der Waals surface area contributed by atoms with E-state index in [1.165, 1.54) is 7.05 Å². The molecule has 0 radical (unpaired) electrons. The lowest BCUT2D eigenvalue weighted by Crippen LogP contribution is -2.24. The summed E-state index contributed by atoms with van der Waals surface area (Å²) in [4.78, 5) is 10.8. The van der Waals surface area contributed by atoms with Crippen LogP contribution in [0.1, 0.15) is 5.56 Å². The Bertz CT molecular complexity index is 369. The standard InChI is InChI=1S/C10H10N2O2/c1-12-10(13)7-14-9-4-2-3-8(5-9)6-11/h2-5H,7H2,1H3,(H,12,13). The summed E-state index contributed by atoms with van der Waals surface area (Å²) >= 11 is 0. The maximum absolute atomic E-state index is 10.8. The zero-order valence-electron chi connectivity index (χ0n) is 7.78. The van der Waals surface area contributed by atoms with Crippen LogP contribution in [0.15, 0.2) is 24.3 Å². The molecule has 0 atom stereocenters. The number of ether oxygens (including phenoxy) is 1. The fourth-order valence-corrected chi connectivity index (χ4v) is 0.876. The molecule has 0 heterocycles. The predicted molar refractivity (Wildman–Crippen MR) is 50.7 cm³/mol. The van der Waals surface area contributed by atoms with Crippen LogP contribution in [-0.4, -0.2) is 19.6 Å². The molecule has 0 fully saturated rings. The third-order valence-electron chi connectivity index (χ3n) is 1.61. The minimum Gasteiger partial charge on any atom is -0.484 e. The molecule has 0 spiro atoms. The number of hydrogen-bond donors (Lipinski definition) is 1. The van der Waals surface area contributed by atoms with Gasteiger partial charge in [0.1, 0.15) is 5.75 Å². The second kappa shape index (κ2) is 4.87. The highest BCUT2D eigenvalue weighted by molar-refractivity contribution is 5.77. The Hall–Kier alpha value is -2.02. The van der Waals surface area contributed by atoms with E-state index in [0.717, 1.165) is 0 Å². The van der Waals surface area contributed by atoms with Crippen LogP contribution in [-0.2, 0) is 4.79 Å². The normalized spacial score (nSPS) is 8.86. The van der Waals surface area contributed by atoms with E-state index in [0.29, 0.717) is 11.3 Å². The molecular formula is C10H10N2O2. The molecule has 1 N–H and O–H groups in total. The maximum atomic E-state index is 10.8. The van der Waals surface area contributed by atoms with E-state index >= 15 is 0 Å². The van der Waals surface area contributed by atoms with Crippen molar-refractivity contribution in [2.75, 3.05) is 13.7 Å². The van der Waals surface area contributed by atoms with Gasteiger partial charge in [0, 0.05) is 7.05 Å². The molecule has 0 bridgehead atoms. The topological polar surface area (TPSA) is 62.1 Å². The van der Waals surface area contributed by atoms with Crippen molar-refractivity contribution in [3.8, 4) is 11.8 Å². The van der Waals surface area contributed by atoms with Gasteiger partial charge in [-0.15, -0.1) is 0 Å². The number of carbonyl (C=O) groups is 1. The molecule has 1 aromatic rings. The van der Waals surface area contributed by atoms with Crippen molar-refractivity contribution in [1.82, 2.24) is 5.32 Å². The van der Waals surface area contributed by atoms with E-state index < -0.39 is 0 Å². The van der Waals surface area contributed by atoms with Gasteiger partial charge in [-0.25, -0.2) is 0 Å². The van der Waals surface area contributed by atoms with Crippen molar-refractivity contribution < 1.29 is 9.53 Å². The molecule has 72 valence electrons. The SMILES string of the molecule is CNC(=O)COc1cccc(C#N)c1. The third-order valence-corrected chi connectivity index (χ3v) is 1.61. The molecule has 1 aromatic carbocycles. The van der Waals surface area contributed by atoms with Gasteiger partial charge < -0.3 is 10.1 Å². The van der Waals surface area contributed by atoms with Gasteiger partial charge in [-0.05, 0) is 18.2 Å². The van der Waals surface area contributed by atoms with Crippen LogP contribution in [0.2, 0.25) is 0 Å². The smallest absolute Gasteiger partial charge is 0.257 e. The number of amides is 1. The number of carbonyl (C=O) groups excluding carboxylic acids is 1. The predicted octanol–water partition coefficient (Wildman–Crippen LogP) is 0.683. The van der Waals surface area contributed by atoms with Crippen molar-refractivity contribution in [3.63, 3.8) is 0 Å². The number of nitrogens with one attached hydrogen (secondary N) is 1. The van der Waals surface area contributed by atoms with Gasteiger partial charge in [0.25, 0.3) is 5.91 Å². The van der Waals surface area contributed by atoms with E-state index in [9.17, 15) is 4.79 Å². The number of nitrogens with zero attached hydrogens (tertiary/aromatic N) is 1. The average Bonchev–Trinajstić information content (AvgIpc) is 2.26. The van der Waals surface area contributed by atoms with Crippen LogP contribution in [0.25, 0.3) is 0 Å². The molecule has 4 nitrogen and oxygen atoms in total. The van der Waals surface area contributed by atoms with E-state index in [1.54, 1.807) is 24.3 Å². The fourth-order valence-electron chi connectivity index (χ4n) is 0.876. The van der Waals surface area contributed by atoms with Gasteiger partial charge in [0.2, 0.25) is 0 Å². The van der Waals surface area contributed by atoms with E-state index in [4.69, 9.17) is 10.00 Å². The summed E-state index contributed by atoms with van der Waals surface area (Å²) in [5.41, 5.74) is 0.513. The molecular weight excluding hydrogens is 180 g/mol. The Kier molecular flexibility index (Phi) is 3.50. The Morgan fingerprint density at radius 3 is 3.07 bits per heavy atom. The van der Waals surface area contributed by atoms with Crippen molar-refractivity contribution in [2.24, 2.45) is 0 Å². The fraction of sp³-hybridized carbons (Fsp3) is 0.200. The molecule has 0 aliphatic carbocycles. The van der Waals surface area contributed by atoms with E-state index in [-0.39, 0.29) is 12.5 Å². The molecule has 0 unspecified atom stereocenters. The van der Waals surface area contributed by atoms with Crippen molar-refractivity contribution in [2.45, 2.75) is 0 Å². The van der Waals surface area contributed by atoms with Gasteiger partial charge >= 0.3 is 0 Å². The second-order valence-corrected chi connectivity index (χ2v) is 2.60. The van der Waals surface area contributed by atoms with Crippen molar-refractivity contribution >= 4 is 5.91 Å². The molecule has 4 heteroatoms. The minimum absolute atomic E-state index is 0.0363. The zero-order valence-corrected chi connectivity index (χ0v) is 7.78. The molecule has 0 aliphatic rings. The van der Waals surface area contributed by atoms with Crippen LogP contribution in [0.3, 0.4) is 0 Å². The third kappa shape index (κ3) is 2.79. The lowest BCUT2D eigenvalue weighted by atomic mass is 10.2. The molecule has 1 amide bonds. The zero-order chi connectivity index (χ0) is 10.4. The van der Waals surface area contributed by atoms with Gasteiger partial charge in [-0.1, -0.05) is 6.07 Å².